The number of carbonyl (C=O) groups is 1. The molecule has 1 fully saturated rings. The number of benzene rings is 1. The molecule has 0 bridgehead atoms. The summed E-state index contributed by atoms with van der Waals surface area (Å²) in [4.78, 5) is 14.2. The minimum absolute atomic E-state index is 0.304. The Kier molecular flexibility index (Phi) is 4.90. The van der Waals surface area contributed by atoms with Gasteiger partial charge in [0.15, 0.2) is 0 Å². The van der Waals surface area contributed by atoms with Crippen molar-refractivity contribution in [3.8, 4) is 0 Å². The number of carbonyl (C=O) groups excluding carboxylic acids is 1. The molecule has 1 heterocycles. The van der Waals surface area contributed by atoms with Crippen molar-refractivity contribution in [1.29, 1.82) is 0 Å². The lowest BCUT2D eigenvalue weighted by Gasteiger charge is -2.40. The highest BCUT2D eigenvalue weighted by Gasteiger charge is 2.29. The van der Waals surface area contributed by atoms with Gasteiger partial charge in [-0.1, -0.05) is 6.07 Å². The van der Waals surface area contributed by atoms with E-state index in [2.05, 4.69) is 10.2 Å². The van der Waals surface area contributed by atoms with Crippen LogP contribution in [0.1, 0.15) is 24.2 Å². The molecule has 4 nitrogen and oxygen atoms in total. The van der Waals surface area contributed by atoms with Crippen molar-refractivity contribution in [2.45, 2.75) is 19.4 Å². The summed E-state index contributed by atoms with van der Waals surface area (Å²) in [5.41, 5.74) is -0.837. The second-order valence-electron chi connectivity index (χ2n) is 5.69. The lowest BCUT2D eigenvalue weighted by molar-refractivity contribution is -0.00925. The zero-order valence-electron chi connectivity index (χ0n) is 12.3. The number of hydrogen-bond donors (Lipinski definition) is 1. The first-order chi connectivity index (χ1) is 9.92. The summed E-state index contributed by atoms with van der Waals surface area (Å²) in [6.07, 6.45) is 0. The average molecular weight is 298 g/mol. The fourth-order valence-electron chi connectivity index (χ4n) is 2.38. The molecule has 116 valence electrons. The third kappa shape index (κ3) is 3.77. The lowest BCUT2D eigenvalue weighted by Crippen LogP contribution is -2.55. The molecule has 0 unspecified atom stereocenters. The molecule has 1 aromatic rings. The molecule has 0 spiro atoms. The van der Waals surface area contributed by atoms with Crippen LogP contribution >= 0.6 is 0 Å². The van der Waals surface area contributed by atoms with Gasteiger partial charge >= 0.3 is 0 Å². The Morgan fingerprint density at radius 2 is 1.86 bits per heavy atom. The third-order valence-electron chi connectivity index (χ3n) is 3.74. The Morgan fingerprint density at radius 1 is 1.29 bits per heavy atom. The zero-order valence-corrected chi connectivity index (χ0v) is 12.3. The summed E-state index contributed by atoms with van der Waals surface area (Å²) >= 11 is 0. The van der Waals surface area contributed by atoms with Crippen LogP contribution in [0.5, 0.6) is 0 Å². The van der Waals surface area contributed by atoms with Crippen LogP contribution in [-0.4, -0.2) is 49.2 Å². The number of hydrogen-bond acceptors (Lipinski definition) is 3. The molecule has 0 atom stereocenters. The summed E-state index contributed by atoms with van der Waals surface area (Å²) < 4.78 is 32.4. The van der Waals surface area contributed by atoms with E-state index in [1.165, 1.54) is 6.07 Å². The predicted molar refractivity (Wildman–Crippen MR) is 75.2 cm³/mol. The molecule has 0 saturated carbocycles. The van der Waals surface area contributed by atoms with Gasteiger partial charge in [-0.3, -0.25) is 9.69 Å². The molecule has 0 radical (unpaired) electrons. The highest BCUT2D eigenvalue weighted by atomic mass is 19.1. The molecule has 1 saturated heterocycles. The Morgan fingerprint density at radius 3 is 2.43 bits per heavy atom. The van der Waals surface area contributed by atoms with Crippen LogP contribution in [0, 0.1) is 11.6 Å². The van der Waals surface area contributed by atoms with E-state index in [1.54, 1.807) is 0 Å². The van der Waals surface area contributed by atoms with Crippen molar-refractivity contribution in [3.63, 3.8) is 0 Å². The van der Waals surface area contributed by atoms with Gasteiger partial charge in [0.2, 0.25) is 0 Å². The van der Waals surface area contributed by atoms with Gasteiger partial charge in [0.1, 0.15) is 17.2 Å². The highest BCUT2D eigenvalue weighted by molar-refractivity contribution is 5.94. The van der Waals surface area contributed by atoms with Crippen LogP contribution in [-0.2, 0) is 4.74 Å². The highest BCUT2D eigenvalue weighted by Crippen LogP contribution is 2.16. The van der Waals surface area contributed by atoms with Crippen LogP contribution in [0.4, 0.5) is 8.78 Å². The van der Waals surface area contributed by atoms with Crippen molar-refractivity contribution >= 4 is 5.91 Å². The summed E-state index contributed by atoms with van der Waals surface area (Å²) in [6, 6.07) is 3.38. The van der Waals surface area contributed by atoms with Crippen LogP contribution in [0.25, 0.3) is 0 Å². The smallest absolute Gasteiger partial charge is 0.257 e. The lowest BCUT2D eigenvalue weighted by atomic mass is 10.0. The van der Waals surface area contributed by atoms with E-state index in [-0.39, 0.29) is 5.54 Å². The SMILES string of the molecule is CC(C)(CNC(=O)c1c(F)cccc1F)N1CCOCC1. The molecule has 1 amide bonds. The number of morpholine rings is 1. The van der Waals surface area contributed by atoms with Crippen LogP contribution in [0.15, 0.2) is 18.2 Å². The van der Waals surface area contributed by atoms with Gasteiger partial charge in [0, 0.05) is 25.2 Å². The largest absolute Gasteiger partial charge is 0.379 e. The normalized spacial score (nSPS) is 16.8. The van der Waals surface area contributed by atoms with Gasteiger partial charge < -0.3 is 10.1 Å². The van der Waals surface area contributed by atoms with Gasteiger partial charge in [-0.2, -0.15) is 0 Å². The average Bonchev–Trinajstić information content (AvgIpc) is 2.46. The van der Waals surface area contributed by atoms with Gasteiger partial charge in [-0.15, -0.1) is 0 Å². The zero-order chi connectivity index (χ0) is 15.5. The number of nitrogens with one attached hydrogen (secondary N) is 1. The van der Waals surface area contributed by atoms with E-state index in [0.717, 1.165) is 25.2 Å². The molecular formula is C15H20F2N2O2. The van der Waals surface area contributed by atoms with E-state index < -0.39 is 23.1 Å². The molecule has 6 heteroatoms. The molecule has 1 aromatic carbocycles. The Labute approximate surface area is 123 Å². The Balaban J connectivity index is 2.00. The van der Waals surface area contributed by atoms with Gasteiger partial charge in [-0.05, 0) is 26.0 Å². The predicted octanol–water partition coefficient (Wildman–Crippen LogP) is 1.81. The fraction of sp³-hybridized carbons (Fsp3) is 0.533. The van der Waals surface area contributed by atoms with Gasteiger partial charge in [0.05, 0.1) is 13.2 Å². The van der Waals surface area contributed by atoms with E-state index in [1.807, 2.05) is 13.8 Å². The topological polar surface area (TPSA) is 41.6 Å². The molecular weight excluding hydrogens is 278 g/mol. The summed E-state index contributed by atoms with van der Waals surface area (Å²) in [5.74, 6) is -2.43. The number of rotatable bonds is 4. The molecule has 1 aliphatic heterocycles. The van der Waals surface area contributed by atoms with Crippen molar-refractivity contribution in [1.82, 2.24) is 10.2 Å². The number of amides is 1. The fourth-order valence-corrected chi connectivity index (χ4v) is 2.38. The third-order valence-corrected chi connectivity index (χ3v) is 3.74. The first-order valence-electron chi connectivity index (χ1n) is 6.97. The van der Waals surface area contributed by atoms with E-state index >= 15 is 0 Å². The second kappa shape index (κ2) is 6.49. The van der Waals surface area contributed by atoms with E-state index in [0.29, 0.717) is 19.8 Å². The number of nitrogens with zero attached hydrogens (tertiary/aromatic N) is 1. The van der Waals surface area contributed by atoms with E-state index in [9.17, 15) is 13.6 Å². The maximum Gasteiger partial charge on any atom is 0.257 e. The molecule has 0 aliphatic carbocycles. The van der Waals surface area contributed by atoms with Crippen LogP contribution < -0.4 is 5.32 Å². The molecule has 0 aromatic heterocycles. The van der Waals surface area contributed by atoms with Crippen molar-refractivity contribution in [3.05, 3.63) is 35.4 Å². The molecule has 1 N–H and O–H groups in total. The Bertz CT molecular complexity index is 494. The number of halogens is 2. The first-order valence-corrected chi connectivity index (χ1v) is 6.97. The second-order valence-corrected chi connectivity index (χ2v) is 5.69. The monoisotopic (exact) mass is 298 g/mol. The minimum Gasteiger partial charge on any atom is -0.379 e. The van der Waals surface area contributed by atoms with Gasteiger partial charge in [0.25, 0.3) is 5.91 Å². The van der Waals surface area contributed by atoms with Crippen molar-refractivity contribution < 1.29 is 18.3 Å². The van der Waals surface area contributed by atoms with Gasteiger partial charge in [-0.25, -0.2) is 8.78 Å². The maximum absolute atomic E-state index is 13.5. The minimum atomic E-state index is -0.850. The van der Waals surface area contributed by atoms with E-state index in [4.69, 9.17) is 4.74 Å². The summed E-state index contributed by atoms with van der Waals surface area (Å²) in [6.45, 7) is 7.12. The quantitative estimate of drug-likeness (QED) is 0.921. The maximum atomic E-state index is 13.5. The Hall–Kier alpha value is -1.53. The van der Waals surface area contributed by atoms with Crippen LogP contribution in [0.3, 0.4) is 0 Å². The summed E-state index contributed by atoms with van der Waals surface area (Å²) in [7, 11) is 0. The van der Waals surface area contributed by atoms with Crippen molar-refractivity contribution in [2.24, 2.45) is 0 Å². The summed E-state index contributed by atoms with van der Waals surface area (Å²) in [5, 5.41) is 2.62. The molecule has 21 heavy (non-hydrogen) atoms. The van der Waals surface area contributed by atoms with Crippen LogP contribution in [0.2, 0.25) is 0 Å². The standard InChI is InChI=1S/C15H20F2N2O2/c1-15(2,19-6-8-21-9-7-19)10-18-14(20)13-11(16)4-3-5-12(13)17/h3-5H,6-10H2,1-2H3,(H,18,20). The first kappa shape index (κ1) is 15.9. The number of ether oxygens (including phenoxy) is 1. The molecule has 2 rings (SSSR count). The van der Waals surface area contributed by atoms with Crippen molar-refractivity contribution in [2.75, 3.05) is 32.8 Å². The molecule has 1 aliphatic rings.